The summed E-state index contributed by atoms with van der Waals surface area (Å²) in [5, 5.41) is 2.55. The summed E-state index contributed by atoms with van der Waals surface area (Å²) in [7, 11) is 0. The molecular weight excluding hydrogens is 478 g/mol. The summed E-state index contributed by atoms with van der Waals surface area (Å²) in [6.07, 6.45) is 6.04. The van der Waals surface area contributed by atoms with Crippen LogP contribution in [0.1, 0.15) is 17.5 Å². The first-order valence-electron chi connectivity index (χ1n) is 13.2. The Kier molecular flexibility index (Phi) is 6.66. The van der Waals surface area contributed by atoms with Crippen LogP contribution in [0.15, 0.2) is 127 Å². The van der Waals surface area contributed by atoms with E-state index in [-0.39, 0.29) is 0 Å². The van der Waals surface area contributed by atoms with Crippen LogP contribution in [0.2, 0.25) is 0 Å². The number of hydrogen-bond acceptors (Lipinski definition) is 2. The van der Waals surface area contributed by atoms with Crippen molar-refractivity contribution in [2.24, 2.45) is 0 Å². The fourth-order valence-electron chi connectivity index (χ4n) is 5.87. The molecule has 186 valence electrons. The van der Waals surface area contributed by atoms with Gasteiger partial charge in [0, 0.05) is 23.5 Å². The first-order valence-corrected chi connectivity index (χ1v) is 14.1. The Labute approximate surface area is 231 Å². The molecule has 0 unspecified atom stereocenters. The number of thiol groups is 1. The predicted octanol–water partition coefficient (Wildman–Crippen LogP) is 9.76. The van der Waals surface area contributed by atoms with Crippen molar-refractivity contribution in [2.45, 2.75) is 12.8 Å². The van der Waals surface area contributed by atoms with Crippen LogP contribution in [0, 0.1) is 0 Å². The molecule has 1 aliphatic heterocycles. The maximum absolute atomic E-state index is 4.61. The van der Waals surface area contributed by atoms with Crippen molar-refractivity contribution in [3.8, 4) is 22.3 Å². The molecule has 2 aliphatic rings. The monoisotopic (exact) mass is 509 g/mol. The molecule has 0 fully saturated rings. The highest BCUT2D eigenvalue weighted by molar-refractivity contribution is 7.79. The SMILES string of the molecule is C=C1/C2=C\CCN(c3ccc(-c4ccc5ccccc5c4)cc3)c3cccc(c31)-c1ccccc1C2.CS. The fourth-order valence-corrected chi connectivity index (χ4v) is 5.87. The molecule has 1 aliphatic carbocycles. The Morgan fingerprint density at radius 3 is 2.24 bits per heavy atom. The van der Waals surface area contributed by atoms with Gasteiger partial charge in [0.15, 0.2) is 0 Å². The summed E-state index contributed by atoms with van der Waals surface area (Å²) in [5.41, 5.74) is 12.7. The molecule has 0 amide bonds. The van der Waals surface area contributed by atoms with E-state index in [0.717, 1.165) is 25.0 Å². The Hall–Kier alpha value is -4.01. The standard InChI is InChI=1S/C35H27N.CH4S/c1-24-27-11-7-21-36(34-14-6-13-33(35(24)34)32-12-5-4-10-30(32)22-27)31-19-17-26(18-20-31)29-16-15-25-8-2-3-9-28(25)23-29;1-2/h2-6,8-20,23H,1,7,21-22H2;2H,1H3/b27-11-;. The summed E-state index contributed by atoms with van der Waals surface area (Å²) in [4.78, 5) is 2.47. The third kappa shape index (κ3) is 4.25. The van der Waals surface area contributed by atoms with E-state index in [1.807, 2.05) is 0 Å². The van der Waals surface area contributed by atoms with Gasteiger partial charge in [-0.2, -0.15) is 12.6 Å². The van der Waals surface area contributed by atoms with Crippen LogP contribution in [0.4, 0.5) is 11.4 Å². The van der Waals surface area contributed by atoms with E-state index in [2.05, 4.69) is 139 Å². The van der Waals surface area contributed by atoms with Crippen molar-refractivity contribution in [3.63, 3.8) is 0 Å². The maximum Gasteiger partial charge on any atom is 0.0496 e. The molecule has 0 N–H and O–H groups in total. The van der Waals surface area contributed by atoms with Gasteiger partial charge in [0.1, 0.15) is 0 Å². The molecule has 0 spiro atoms. The van der Waals surface area contributed by atoms with Gasteiger partial charge >= 0.3 is 0 Å². The minimum atomic E-state index is 0.943. The highest BCUT2D eigenvalue weighted by atomic mass is 32.1. The van der Waals surface area contributed by atoms with Crippen molar-refractivity contribution in [1.82, 2.24) is 0 Å². The maximum atomic E-state index is 4.61. The van der Waals surface area contributed by atoms with Gasteiger partial charge in [-0.05, 0) is 93.1 Å². The molecule has 0 aromatic heterocycles. The summed E-state index contributed by atoms with van der Waals surface area (Å²) in [5.74, 6) is 0. The number of hydrogen-bond donors (Lipinski definition) is 1. The van der Waals surface area contributed by atoms with Crippen LogP contribution >= 0.6 is 12.6 Å². The Balaban J connectivity index is 0.00000129. The number of anilines is 2. The molecule has 0 saturated carbocycles. The van der Waals surface area contributed by atoms with E-state index in [9.17, 15) is 0 Å². The lowest BCUT2D eigenvalue weighted by Crippen LogP contribution is -2.21. The predicted molar refractivity (Wildman–Crippen MR) is 169 cm³/mol. The minimum Gasteiger partial charge on any atom is -0.341 e. The number of nitrogens with zero attached hydrogens (tertiary/aromatic N) is 1. The zero-order valence-corrected chi connectivity index (χ0v) is 22.6. The summed E-state index contributed by atoms with van der Waals surface area (Å²) in [6.45, 7) is 5.55. The van der Waals surface area contributed by atoms with Crippen molar-refractivity contribution in [3.05, 3.63) is 139 Å². The average molecular weight is 510 g/mol. The molecule has 5 aromatic rings. The van der Waals surface area contributed by atoms with E-state index in [0.29, 0.717) is 0 Å². The number of allylic oxidation sites excluding steroid dienone is 2. The third-order valence-corrected chi connectivity index (χ3v) is 7.72. The van der Waals surface area contributed by atoms with Gasteiger partial charge in [-0.3, -0.25) is 0 Å². The summed E-state index contributed by atoms with van der Waals surface area (Å²) >= 11 is 3.53. The van der Waals surface area contributed by atoms with Crippen molar-refractivity contribution >= 4 is 40.3 Å². The van der Waals surface area contributed by atoms with Crippen LogP contribution in [0.25, 0.3) is 38.6 Å². The van der Waals surface area contributed by atoms with Crippen molar-refractivity contribution in [1.29, 1.82) is 0 Å². The minimum absolute atomic E-state index is 0.943. The third-order valence-electron chi connectivity index (χ3n) is 7.72. The highest BCUT2D eigenvalue weighted by Crippen LogP contribution is 2.46. The Morgan fingerprint density at radius 1 is 0.684 bits per heavy atom. The Bertz CT molecular complexity index is 1680. The van der Waals surface area contributed by atoms with Crippen molar-refractivity contribution < 1.29 is 0 Å². The van der Waals surface area contributed by atoms with Gasteiger partial charge < -0.3 is 4.90 Å². The number of rotatable bonds is 2. The smallest absolute Gasteiger partial charge is 0.0496 e. The second kappa shape index (κ2) is 10.4. The quantitative estimate of drug-likeness (QED) is 0.232. The normalized spacial score (nSPS) is 15.3. The first-order chi connectivity index (χ1) is 18.8. The van der Waals surface area contributed by atoms with Gasteiger partial charge in [-0.15, -0.1) is 0 Å². The van der Waals surface area contributed by atoms with Crippen molar-refractivity contribution in [2.75, 3.05) is 17.7 Å². The first kappa shape index (κ1) is 24.3. The van der Waals surface area contributed by atoms with E-state index in [1.54, 1.807) is 6.26 Å². The van der Waals surface area contributed by atoms with E-state index < -0.39 is 0 Å². The molecule has 1 heterocycles. The molecule has 1 nitrogen and oxygen atoms in total. The highest BCUT2D eigenvalue weighted by Gasteiger charge is 2.26. The molecule has 2 heteroatoms. The van der Waals surface area contributed by atoms with Gasteiger partial charge in [0.2, 0.25) is 0 Å². The van der Waals surface area contributed by atoms with Crippen LogP contribution in [0.5, 0.6) is 0 Å². The molecular formula is C36H31NS. The molecule has 0 atom stereocenters. The average Bonchev–Trinajstić information content (AvgIpc) is 3.11. The van der Waals surface area contributed by atoms with Crippen LogP contribution in [0.3, 0.4) is 0 Å². The second-order valence-corrected chi connectivity index (χ2v) is 9.79. The lowest BCUT2D eigenvalue weighted by atomic mass is 9.90. The molecule has 0 saturated heterocycles. The lowest BCUT2D eigenvalue weighted by molar-refractivity contribution is 0.926. The Morgan fingerprint density at radius 2 is 1.39 bits per heavy atom. The summed E-state index contributed by atoms with van der Waals surface area (Å²) < 4.78 is 0. The zero-order valence-electron chi connectivity index (χ0n) is 21.7. The largest absolute Gasteiger partial charge is 0.341 e. The van der Waals surface area contributed by atoms with E-state index in [1.165, 1.54) is 61.1 Å². The van der Waals surface area contributed by atoms with Crippen LogP contribution < -0.4 is 4.90 Å². The molecule has 0 radical (unpaired) electrons. The van der Waals surface area contributed by atoms with Crippen LogP contribution in [-0.2, 0) is 6.42 Å². The summed E-state index contributed by atoms with van der Waals surface area (Å²) in [6, 6.07) is 39.8. The lowest BCUT2D eigenvalue weighted by Gasteiger charge is -2.30. The topological polar surface area (TPSA) is 3.24 Å². The van der Waals surface area contributed by atoms with Gasteiger partial charge in [0.25, 0.3) is 0 Å². The number of benzene rings is 5. The zero-order chi connectivity index (χ0) is 26.1. The molecule has 7 rings (SSSR count). The van der Waals surface area contributed by atoms with Gasteiger partial charge in [0.05, 0.1) is 0 Å². The second-order valence-electron chi connectivity index (χ2n) is 9.79. The van der Waals surface area contributed by atoms with Crippen LogP contribution in [-0.4, -0.2) is 12.8 Å². The van der Waals surface area contributed by atoms with E-state index in [4.69, 9.17) is 0 Å². The fraction of sp³-hybridized carbons (Fsp3) is 0.111. The molecule has 2 bridgehead atoms. The van der Waals surface area contributed by atoms with E-state index >= 15 is 0 Å². The molecule has 5 aromatic carbocycles. The van der Waals surface area contributed by atoms with Gasteiger partial charge in [-0.25, -0.2) is 0 Å². The van der Waals surface area contributed by atoms with Gasteiger partial charge in [-0.1, -0.05) is 97.6 Å². The number of fused-ring (bicyclic) bond motifs is 4. The molecule has 38 heavy (non-hydrogen) atoms.